The molecular formula is C16H18FN3O4S. The van der Waals surface area contributed by atoms with E-state index in [0.29, 0.717) is 11.9 Å². The Bertz CT molecular complexity index is 903. The lowest BCUT2D eigenvalue weighted by Crippen LogP contribution is -2.49. The number of amides is 1. The largest absolute Gasteiger partial charge is 0.374 e. The number of hydrogen-bond acceptors (Lipinski definition) is 5. The van der Waals surface area contributed by atoms with Gasteiger partial charge < -0.3 is 10.1 Å². The SMILES string of the molecule is CS(=O)(=O)N1CCOC(CNC(=O)c2ccc3cccc(F)c3n2)C1. The van der Waals surface area contributed by atoms with Crippen LogP contribution in [0.25, 0.3) is 10.9 Å². The summed E-state index contributed by atoms with van der Waals surface area (Å²) in [5.41, 5.74) is 0.223. The van der Waals surface area contributed by atoms with E-state index in [1.807, 2.05) is 0 Å². The fourth-order valence-corrected chi connectivity index (χ4v) is 3.49. The van der Waals surface area contributed by atoms with Crippen LogP contribution >= 0.6 is 0 Å². The molecule has 25 heavy (non-hydrogen) atoms. The van der Waals surface area contributed by atoms with E-state index in [4.69, 9.17) is 4.74 Å². The normalized spacial score (nSPS) is 19.0. The van der Waals surface area contributed by atoms with Crippen molar-refractivity contribution in [3.63, 3.8) is 0 Å². The number of rotatable bonds is 4. The first-order valence-electron chi connectivity index (χ1n) is 7.75. The lowest BCUT2D eigenvalue weighted by atomic mass is 10.2. The van der Waals surface area contributed by atoms with Crippen LogP contribution in [0.2, 0.25) is 0 Å². The molecule has 0 aliphatic carbocycles. The number of nitrogens with zero attached hydrogens (tertiary/aromatic N) is 2. The summed E-state index contributed by atoms with van der Waals surface area (Å²) in [5, 5.41) is 3.26. The summed E-state index contributed by atoms with van der Waals surface area (Å²) >= 11 is 0. The molecular weight excluding hydrogens is 349 g/mol. The molecule has 1 aromatic heterocycles. The van der Waals surface area contributed by atoms with Crippen molar-refractivity contribution in [1.82, 2.24) is 14.6 Å². The second-order valence-electron chi connectivity index (χ2n) is 5.83. The topological polar surface area (TPSA) is 88.6 Å². The lowest BCUT2D eigenvalue weighted by molar-refractivity contribution is 0.000414. The second-order valence-corrected chi connectivity index (χ2v) is 7.81. The Hall–Kier alpha value is -2.10. The van der Waals surface area contributed by atoms with Crippen LogP contribution in [0.5, 0.6) is 0 Å². The van der Waals surface area contributed by atoms with Gasteiger partial charge in [0.25, 0.3) is 5.91 Å². The molecule has 1 aliphatic heterocycles. The monoisotopic (exact) mass is 367 g/mol. The standard InChI is InChI=1S/C16H18FN3O4S/c1-25(22,23)20-7-8-24-12(10-20)9-18-16(21)14-6-5-11-3-2-4-13(17)15(11)19-14/h2-6,12H,7-10H2,1H3,(H,18,21). The molecule has 7 nitrogen and oxygen atoms in total. The van der Waals surface area contributed by atoms with Crippen LogP contribution in [0.3, 0.4) is 0 Å². The Morgan fingerprint density at radius 2 is 2.20 bits per heavy atom. The number of para-hydroxylation sites is 1. The Labute approximate surface area is 144 Å². The summed E-state index contributed by atoms with van der Waals surface area (Å²) in [6.07, 6.45) is 0.700. The Kier molecular flexibility index (Phi) is 4.98. The molecule has 2 aromatic rings. The van der Waals surface area contributed by atoms with Gasteiger partial charge in [-0.1, -0.05) is 18.2 Å². The summed E-state index contributed by atoms with van der Waals surface area (Å²) in [7, 11) is -3.29. The van der Waals surface area contributed by atoms with Crippen LogP contribution < -0.4 is 5.32 Å². The van der Waals surface area contributed by atoms with Crippen LogP contribution in [0.1, 0.15) is 10.5 Å². The van der Waals surface area contributed by atoms with Gasteiger partial charge in [0.2, 0.25) is 10.0 Å². The van der Waals surface area contributed by atoms with E-state index in [1.165, 1.54) is 16.4 Å². The van der Waals surface area contributed by atoms with Crippen LogP contribution in [-0.4, -0.2) is 62.2 Å². The van der Waals surface area contributed by atoms with Gasteiger partial charge in [0.1, 0.15) is 17.0 Å². The fourth-order valence-electron chi connectivity index (χ4n) is 2.65. The third-order valence-electron chi connectivity index (χ3n) is 3.96. The van der Waals surface area contributed by atoms with Gasteiger partial charge in [-0.2, -0.15) is 4.31 Å². The van der Waals surface area contributed by atoms with Crippen molar-refractivity contribution in [3.05, 3.63) is 41.8 Å². The van der Waals surface area contributed by atoms with Gasteiger partial charge in [0.05, 0.1) is 19.0 Å². The zero-order valence-corrected chi connectivity index (χ0v) is 14.4. The van der Waals surface area contributed by atoms with Crippen LogP contribution in [-0.2, 0) is 14.8 Å². The maximum Gasteiger partial charge on any atom is 0.269 e. The summed E-state index contributed by atoms with van der Waals surface area (Å²) in [4.78, 5) is 16.3. The van der Waals surface area contributed by atoms with E-state index in [0.717, 1.165) is 6.26 Å². The maximum atomic E-state index is 13.8. The van der Waals surface area contributed by atoms with Crippen molar-refractivity contribution < 1.29 is 22.3 Å². The van der Waals surface area contributed by atoms with Crippen LogP contribution in [0, 0.1) is 5.82 Å². The number of carbonyl (C=O) groups is 1. The fraction of sp³-hybridized carbons (Fsp3) is 0.375. The van der Waals surface area contributed by atoms with Crippen molar-refractivity contribution in [1.29, 1.82) is 0 Å². The minimum absolute atomic E-state index is 0.0911. The summed E-state index contributed by atoms with van der Waals surface area (Å²) in [5.74, 6) is -0.961. The predicted octanol–water partition coefficient (Wildman–Crippen LogP) is 0.764. The Morgan fingerprint density at radius 1 is 1.40 bits per heavy atom. The van der Waals surface area contributed by atoms with Gasteiger partial charge in [-0.05, 0) is 12.1 Å². The number of sulfonamides is 1. The van der Waals surface area contributed by atoms with Gasteiger partial charge in [0.15, 0.2) is 0 Å². The van der Waals surface area contributed by atoms with Gasteiger partial charge in [-0.15, -0.1) is 0 Å². The zero-order chi connectivity index (χ0) is 18.0. The highest BCUT2D eigenvalue weighted by Crippen LogP contribution is 2.16. The molecule has 0 spiro atoms. The maximum absolute atomic E-state index is 13.8. The highest BCUT2D eigenvalue weighted by molar-refractivity contribution is 7.88. The van der Waals surface area contributed by atoms with E-state index in [-0.39, 0.29) is 30.9 Å². The number of morpholine rings is 1. The van der Waals surface area contributed by atoms with Gasteiger partial charge >= 0.3 is 0 Å². The molecule has 1 N–H and O–H groups in total. The molecule has 2 heterocycles. The predicted molar refractivity (Wildman–Crippen MR) is 90.2 cm³/mol. The third-order valence-corrected chi connectivity index (χ3v) is 5.23. The molecule has 0 saturated carbocycles. The number of aromatic nitrogens is 1. The number of hydrogen-bond donors (Lipinski definition) is 1. The van der Waals surface area contributed by atoms with Crippen molar-refractivity contribution >= 4 is 26.8 Å². The molecule has 134 valence electrons. The van der Waals surface area contributed by atoms with E-state index in [2.05, 4.69) is 10.3 Å². The highest BCUT2D eigenvalue weighted by atomic mass is 32.2. The minimum atomic E-state index is -3.29. The number of nitrogens with one attached hydrogen (secondary N) is 1. The van der Waals surface area contributed by atoms with Crippen molar-refractivity contribution in [3.8, 4) is 0 Å². The van der Waals surface area contributed by atoms with E-state index < -0.39 is 27.9 Å². The molecule has 1 amide bonds. The quantitative estimate of drug-likeness (QED) is 0.862. The van der Waals surface area contributed by atoms with Crippen molar-refractivity contribution in [2.45, 2.75) is 6.10 Å². The Morgan fingerprint density at radius 3 is 2.96 bits per heavy atom. The highest BCUT2D eigenvalue weighted by Gasteiger charge is 2.26. The average molecular weight is 367 g/mol. The van der Waals surface area contributed by atoms with Gasteiger partial charge in [0, 0.05) is 25.0 Å². The first kappa shape index (κ1) is 17.7. The number of halogens is 1. The van der Waals surface area contributed by atoms with E-state index in [9.17, 15) is 17.6 Å². The Balaban J connectivity index is 1.66. The van der Waals surface area contributed by atoms with E-state index >= 15 is 0 Å². The first-order valence-corrected chi connectivity index (χ1v) is 9.59. The van der Waals surface area contributed by atoms with Gasteiger partial charge in [-0.25, -0.2) is 17.8 Å². The lowest BCUT2D eigenvalue weighted by Gasteiger charge is -2.31. The van der Waals surface area contributed by atoms with E-state index in [1.54, 1.807) is 18.2 Å². The number of pyridine rings is 1. The number of fused-ring (bicyclic) bond motifs is 1. The number of ether oxygens (including phenoxy) is 1. The molecule has 1 fully saturated rings. The average Bonchev–Trinajstić information content (AvgIpc) is 2.59. The zero-order valence-electron chi connectivity index (χ0n) is 13.6. The second kappa shape index (κ2) is 7.03. The molecule has 9 heteroatoms. The molecule has 1 saturated heterocycles. The summed E-state index contributed by atoms with van der Waals surface area (Å²) < 4.78 is 43.7. The number of carbonyl (C=O) groups excluding carboxylic acids is 1. The van der Waals surface area contributed by atoms with Crippen molar-refractivity contribution in [2.75, 3.05) is 32.5 Å². The first-order chi connectivity index (χ1) is 11.8. The molecule has 1 unspecified atom stereocenters. The molecule has 3 rings (SSSR count). The number of benzene rings is 1. The van der Waals surface area contributed by atoms with Crippen LogP contribution in [0.4, 0.5) is 4.39 Å². The van der Waals surface area contributed by atoms with Crippen LogP contribution in [0.15, 0.2) is 30.3 Å². The minimum Gasteiger partial charge on any atom is -0.374 e. The molecule has 0 radical (unpaired) electrons. The third kappa shape index (κ3) is 4.12. The van der Waals surface area contributed by atoms with Crippen molar-refractivity contribution in [2.24, 2.45) is 0 Å². The summed E-state index contributed by atoms with van der Waals surface area (Å²) in [6.45, 7) is 0.891. The molecule has 1 aromatic carbocycles. The molecule has 1 atom stereocenters. The molecule has 0 bridgehead atoms. The smallest absolute Gasteiger partial charge is 0.269 e. The summed E-state index contributed by atoms with van der Waals surface area (Å²) in [6, 6.07) is 7.72. The van der Waals surface area contributed by atoms with Gasteiger partial charge in [-0.3, -0.25) is 4.79 Å². The molecule has 1 aliphatic rings.